The van der Waals surface area contributed by atoms with E-state index in [2.05, 4.69) is 48.5 Å². The van der Waals surface area contributed by atoms with Crippen LogP contribution in [0.2, 0.25) is 0 Å². The fourth-order valence-electron chi connectivity index (χ4n) is 3.12. The third kappa shape index (κ3) is 1.67. The minimum Gasteiger partial charge on any atom is -0.359 e. The first-order valence-electron chi connectivity index (χ1n) is 6.48. The monoisotopic (exact) mass is 228 g/mol. The van der Waals surface area contributed by atoms with E-state index < -0.39 is 0 Å². The van der Waals surface area contributed by atoms with Crippen molar-refractivity contribution < 1.29 is 0 Å². The molecule has 1 aliphatic carbocycles. The zero-order chi connectivity index (χ0) is 11.9. The van der Waals surface area contributed by atoms with E-state index in [4.69, 9.17) is 0 Å². The van der Waals surface area contributed by atoms with Crippen molar-refractivity contribution in [2.45, 2.75) is 31.6 Å². The number of aromatic amines is 1. The standard InChI is InChI=1S/C15H20N2/c1-11-8-12-9-13(4-5-14(12)17-11)15(10-16-2)6-3-7-15/h4-5,8-9,16-17H,3,6-7,10H2,1-2H3. The van der Waals surface area contributed by atoms with Crippen molar-refractivity contribution in [3.8, 4) is 0 Å². The molecule has 1 fully saturated rings. The average molecular weight is 228 g/mol. The van der Waals surface area contributed by atoms with Gasteiger partial charge in [0.25, 0.3) is 0 Å². The summed E-state index contributed by atoms with van der Waals surface area (Å²) in [5, 5.41) is 4.70. The van der Waals surface area contributed by atoms with Crippen molar-refractivity contribution >= 4 is 10.9 Å². The summed E-state index contributed by atoms with van der Waals surface area (Å²) in [5.74, 6) is 0. The minimum absolute atomic E-state index is 0.397. The van der Waals surface area contributed by atoms with Gasteiger partial charge < -0.3 is 10.3 Å². The van der Waals surface area contributed by atoms with Crippen molar-refractivity contribution in [1.82, 2.24) is 10.3 Å². The normalized spacial score (nSPS) is 18.2. The maximum absolute atomic E-state index is 3.39. The van der Waals surface area contributed by atoms with E-state index >= 15 is 0 Å². The lowest BCUT2D eigenvalue weighted by molar-refractivity contribution is 0.239. The van der Waals surface area contributed by atoms with Gasteiger partial charge >= 0.3 is 0 Å². The molecule has 1 aliphatic rings. The van der Waals surface area contributed by atoms with Crippen LogP contribution in [0.1, 0.15) is 30.5 Å². The number of hydrogen-bond acceptors (Lipinski definition) is 1. The number of benzene rings is 1. The summed E-state index contributed by atoms with van der Waals surface area (Å²) in [6.07, 6.45) is 4.01. The summed E-state index contributed by atoms with van der Waals surface area (Å²) in [4.78, 5) is 3.39. The summed E-state index contributed by atoms with van der Waals surface area (Å²) in [5.41, 5.74) is 4.40. The summed E-state index contributed by atoms with van der Waals surface area (Å²) < 4.78 is 0. The van der Waals surface area contributed by atoms with Crippen LogP contribution in [0.4, 0.5) is 0 Å². The zero-order valence-electron chi connectivity index (χ0n) is 10.6. The van der Waals surface area contributed by atoms with Gasteiger partial charge in [-0.05, 0) is 56.0 Å². The molecule has 2 nitrogen and oxygen atoms in total. The molecular weight excluding hydrogens is 208 g/mol. The van der Waals surface area contributed by atoms with Gasteiger partial charge in [0.15, 0.2) is 0 Å². The fraction of sp³-hybridized carbons (Fsp3) is 0.467. The first-order valence-corrected chi connectivity index (χ1v) is 6.48. The van der Waals surface area contributed by atoms with Gasteiger partial charge in [0.2, 0.25) is 0 Å². The highest BCUT2D eigenvalue weighted by Gasteiger charge is 2.37. The molecule has 1 aromatic heterocycles. The minimum atomic E-state index is 0.397. The van der Waals surface area contributed by atoms with E-state index in [-0.39, 0.29) is 0 Å². The van der Waals surface area contributed by atoms with E-state index in [1.165, 1.54) is 41.4 Å². The number of rotatable bonds is 3. The van der Waals surface area contributed by atoms with Crippen LogP contribution in [-0.2, 0) is 5.41 Å². The van der Waals surface area contributed by atoms with Crippen LogP contribution < -0.4 is 5.32 Å². The van der Waals surface area contributed by atoms with Crippen LogP contribution in [0.25, 0.3) is 10.9 Å². The van der Waals surface area contributed by atoms with Gasteiger partial charge in [-0.15, -0.1) is 0 Å². The molecule has 0 radical (unpaired) electrons. The predicted octanol–water partition coefficient (Wildman–Crippen LogP) is 3.12. The van der Waals surface area contributed by atoms with E-state index in [1.54, 1.807) is 0 Å². The Kier molecular flexibility index (Phi) is 2.48. The van der Waals surface area contributed by atoms with E-state index in [9.17, 15) is 0 Å². The summed E-state index contributed by atoms with van der Waals surface area (Å²) in [6, 6.07) is 9.14. The molecule has 0 atom stereocenters. The Balaban J connectivity index is 2.04. The maximum atomic E-state index is 3.39. The molecule has 0 spiro atoms. The third-order valence-corrected chi connectivity index (χ3v) is 4.19. The number of aryl methyl sites for hydroxylation is 1. The van der Waals surface area contributed by atoms with Crippen LogP contribution in [-0.4, -0.2) is 18.6 Å². The second-order valence-corrected chi connectivity index (χ2v) is 5.42. The van der Waals surface area contributed by atoms with Gasteiger partial charge in [0, 0.05) is 23.2 Å². The van der Waals surface area contributed by atoms with Gasteiger partial charge in [0.05, 0.1) is 0 Å². The van der Waals surface area contributed by atoms with Gasteiger partial charge in [-0.1, -0.05) is 12.5 Å². The van der Waals surface area contributed by atoms with Crippen LogP contribution in [0.3, 0.4) is 0 Å². The Hall–Kier alpha value is -1.28. The Morgan fingerprint density at radius 2 is 2.12 bits per heavy atom. The number of aromatic nitrogens is 1. The van der Waals surface area contributed by atoms with Gasteiger partial charge in [0.1, 0.15) is 0 Å². The second kappa shape index (κ2) is 3.88. The van der Waals surface area contributed by atoms with Crippen molar-refractivity contribution in [2.75, 3.05) is 13.6 Å². The molecule has 0 bridgehead atoms. The molecule has 2 heteroatoms. The number of nitrogens with one attached hydrogen (secondary N) is 2. The largest absolute Gasteiger partial charge is 0.359 e. The smallest absolute Gasteiger partial charge is 0.0456 e. The fourth-order valence-corrected chi connectivity index (χ4v) is 3.12. The van der Waals surface area contributed by atoms with Crippen molar-refractivity contribution in [3.05, 3.63) is 35.5 Å². The topological polar surface area (TPSA) is 27.8 Å². The van der Waals surface area contributed by atoms with Crippen molar-refractivity contribution in [1.29, 1.82) is 0 Å². The molecule has 1 heterocycles. The molecule has 0 amide bonds. The van der Waals surface area contributed by atoms with E-state index in [1.807, 2.05) is 0 Å². The van der Waals surface area contributed by atoms with Crippen molar-refractivity contribution in [3.63, 3.8) is 0 Å². The van der Waals surface area contributed by atoms with Crippen LogP contribution in [0.15, 0.2) is 24.3 Å². The molecule has 1 aromatic carbocycles. The van der Waals surface area contributed by atoms with Crippen LogP contribution in [0.5, 0.6) is 0 Å². The molecule has 0 aliphatic heterocycles. The lowest BCUT2D eigenvalue weighted by Gasteiger charge is -2.42. The van der Waals surface area contributed by atoms with Gasteiger partial charge in [-0.2, -0.15) is 0 Å². The Bertz CT molecular complexity index is 535. The Morgan fingerprint density at radius 1 is 1.29 bits per heavy atom. The van der Waals surface area contributed by atoms with E-state index in [0.29, 0.717) is 5.41 Å². The Morgan fingerprint density at radius 3 is 2.76 bits per heavy atom. The lowest BCUT2D eigenvalue weighted by Crippen LogP contribution is -2.42. The molecule has 0 saturated heterocycles. The molecule has 2 N–H and O–H groups in total. The highest BCUT2D eigenvalue weighted by Crippen LogP contribution is 2.43. The highest BCUT2D eigenvalue weighted by molar-refractivity contribution is 5.81. The SMILES string of the molecule is CNCC1(c2ccc3[nH]c(C)cc3c2)CCC1. The Labute approximate surface area is 102 Å². The molecule has 90 valence electrons. The summed E-state index contributed by atoms with van der Waals surface area (Å²) in [6.45, 7) is 3.22. The first-order chi connectivity index (χ1) is 8.23. The van der Waals surface area contributed by atoms with Gasteiger partial charge in [-0.25, -0.2) is 0 Å². The molecule has 17 heavy (non-hydrogen) atoms. The molecule has 1 saturated carbocycles. The lowest BCUT2D eigenvalue weighted by atomic mass is 9.64. The highest BCUT2D eigenvalue weighted by atomic mass is 14.8. The third-order valence-electron chi connectivity index (χ3n) is 4.19. The number of likely N-dealkylation sites (N-methyl/N-ethyl adjacent to an activating group) is 1. The summed E-state index contributed by atoms with van der Waals surface area (Å²) in [7, 11) is 2.05. The number of hydrogen-bond donors (Lipinski definition) is 2. The molecule has 2 aromatic rings. The van der Waals surface area contributed by atoms with Crippen molar-refractivity contribution in [2.24, 2.45) is 0 Å². The van der Waals surface area contributed by atoms with E-state index in [0.717, 1.165) is 6.54 Å². The zero-order valence-corrected chi connectivity index (χ0v) is 10.6. The molecule has 3 rings (SSSR count). The van der Waals surface area contributed by atoms with Crippen LogP contribution >= 0.6 is 0 Å². The summed E-state index contributed by atoms with van der Waals surface area (Å²) >= 11 is 0. The quantitative estimate of drug-likeness (QED) is 0.830. The average Bonchev–Trinajstić information content (AvgIpc) is 2.62. The predicted molar refractivity (Wildman–Crippen MR) is 72.5 cm³/mol. The number of H-pyrrole nitrogens is 1. The number of fused-ring (bicyclic) bond motifs is 1. The maximum Gasteiger partial charge on any atom is 0.0456 e. The van der Waals surface area contributed by atoms with Gasteiger partial charge in [-0.3, -0.25) is 0 Å². The molecule has 0 unspecified atom stereocenters. The first kappa shape index (κ1) is 10.8. The van der Waals surface area contributed by atoms with Crippen LogP contribution in [0, 0.1) is 6.92 Å². The second-order valence-electron chi connectivity index (χ2n) is 5.42. The molecular formula is C15H20N2.